The Balaban J connectivity index is 2.01. The van der Waals surface area contributed by atoms with Gasteiger partial charge in [-0.3, -0.25) is 4.79 Å². The van der Waals surface area contributed by atoms with Gasteiger partial charge in [0, 0.05) is 12.1 Å². The zero-order valence-corrected chi connectivity index (χ0v) is 16.0. The highest BCUT2D eigenvalue weighted by Gasteiger charge is 2.19. The van der Waals surface area contributed by atoms with Crippen LogP contribution in [0.3, 0.4) is 0 Å². The molecule has 1 unspecified atom stereocenters. The number of thioether (sulfide) groups is 1. The second-order valence-electron chi connectivity index (χ2n) is 6.76. The molecule has 1 amide bonds. The molecule has 4 nitrogen and oxygen atoms in total. The Morgan fingerprint density at radius 3 is 2.28 bits per heavy atom. The first kappa shape index (κ1) is 19.3. The summed E-state index contributed by atoms with van der Waals surface area (Å²) < 4.78 is 0.780. The number of benzene rings is 1. The van der Waals surface area contributed by atoms with Gasteiger partial charge in [-0.15, -0.1) is 0 Å². The molecule has 1 N–H and O–H groups in total. The number of aromatic nitrogens is 1. The SMILES string of the molecule is CC(C)c1ccc(C(NC(=O)CSc2cccc[n+]2[O-])C(C)C)cc1. The van der Waals surface area contributed by atoms with Crippen molar-refractivity contribution in [1.82, 2.24) is 5.32 Å². The summed E-state index contributed by atoms with van der Waals surface area (Å²) in [6.07, 6.45) is 1.44. The highest BCUT2D eigenvalue weighted by Crippen LogP contribution is 2.24. The maximum Gasteiger partial charge on any atom is 0.251 e. The number of nitrogens with zero attached hydrogens (tertiary/aromatic N) is 1. The van der Waals surface area contributed by atoms with Crippen LogP contribution >= 0.6 is 11.8 Å². The monoisotopic (exact) mass is 358 g/mol. The normalized spacial score (nSPS) is 12.4. The summed E-state index contributed by atoms with van der Waals surface area (Å²) in [6, 6.07) is 13.6. The minimum Gasteiger partial charge on any atom is -0.618 e. The fourth-order valence-corrected chi connectivity index (χ4v) is 3.33. The zero-order chi connectivity index (χ0) is 18.4. The number of pyridine rings is 1. The first-order valence-electron chi connectivity index (χ1n) is 8.58. The van der Waals surface area contributed by atoms with Gasteiger partial charge >= 0.3 is 0 Å². The molecule has 2 aromatic rings. The van der Waals surface area contributed by atoms with Gasteiger partial charge in [0.1, 0.15) is 0 Å². The largest absolute Gasteiger partial charge is 0.618 e. The lowest BCUT2D eigenvalue weighted by atomic mass is 9.93. The molecule has 1 aromatic heterocycles. The number of amides is 1. The number of carbonyl (C=O) groups is 1. The van der Waals surface area contributed by atoms with Gasteiger partial charge in [0.2, 0.25) is 5.91 Å². The molecule has 0 spiro atoms. The molecule has 5 heteroatoms. The van der Waals surface area contributed by atoms with Crippen LogP contribution < -0.4 is 10.0 Å². The molecule has 1 aromatic carbocycles. The summed E-state index contributed by atoms with van der Waals surface area (Å²) in [6.45, 7) is 8.52. The summed E-state index contributed by atoms with van der Waals surface area (Å²) >= 11 is 1.25. The second-order valence-corrected chi connectivity index (χ2v) is 7.76. The molecule has 0 aliphatic heterocycles. The molecule has 0 saturated carbocycles. The molecule has 0 aliphatic rings. The second kappa shape index (κ2) is 8.90. The van der Waals surface area contributed by atoms with Crippen molar-refractivity contribution in [1.29, 1.82) is 0 Å². The number of carbonyl (C=O) groups excluding carboxylic acids is 1. The quantitative estimate of drug-likeness (QED) is 0.461. The molecule has 0 aliphatic carbocycles. The molecule has 1 atom stereocenters. The van der Waals surface area contributed by atoms with E-state index in [1.807, 2.05) is 0 Å². The molecule has 25 heavy (non-hydrogen) atoms. The fraction of sp³-hybridized carbons (Fsp3) is 0.400. The molecular weight excluding hydrogens is 332 g/mol. The van der Waals surface area contributed by atoms with Gasteiger partial charge in [-0.05, 0) is 40.8 Å². The van der Waals surface area contributed by atoms with Crippen LogP contribution in [0.5, 0.6) is 0 Å². The van der Waals surface area contributed by atoms with Crippen LogP contribution in [0.15, 0.2) is 53.7 Å². The number of rotatable bonds is 7. The van der Waals surface area contributed by atoms with Gasteiger partial charge in [0.25, 0.3) is 5.03 Å². The lowest BCUT2D eigenvalue weighted by Gasteiger charge is -2.23. The van der Waals surface area contributed by atoms with E-state index in [2.05, 4.69) is 57.3 Å². The third-order valence-corrected chi connectivity index (χ3v) is 5.10. The van der Waals surface area contributed by atoms with E-state index >= 15 is 0 Å². The van der Waals surface area contributed by atoms with Crippen molar-refractivity contribution in [3.63, 3.8) is 0 Å². The van der Waals surface area contributed by atoms with Gasteiger partial charge in [-0.1, -0.05) is 52.0 Å². The van der Waals surface area contributed by atoms with Crippen LogP contribution in [0.1, 0.15) is 50.8 Å². The third kappa shape index (κ3) is 5.49. The smallest absolute Gasteiger partial charge is 0.251 e. The van der Waals surface area contributed by atoms with E-state index in [0.717, 1.165) is 10.3 Å². The van der Waals surface area contributed by atoms with Crippen molar-refractivity contribution < 1.29 is 9.52 Å². The average Bonchev–Trinajstić information content (AvgIpc) is 2.59. The summed E-state index contributed by atoms with van der Waals surface area (Å²) in [4.78, 5) is 12.3. The lowest BCUT2D eigenvalue weighted by molar-refractivity contribution is -0.645. The van der Waals surface area contributed by atoms with E-state index < -0.39 is 0 Å². The van der Waals surface area contributed by atoms with Gasteiger partial charge in [0.05, 0.1) is 11.8 Å². The van der Waals surface area contributed by atoms with E-state index in [9.17, 15) is 10.0 Å². The van der Waals surface area contributed by atoms with Crippen LogP contribution in [0, 0.1) is 11.1 Å². The van der Waals surface area contributed by atoms with Crippen molar-refractivity contribution in [2.24, 2.45) is 5.92 Å². The van der Waals surface area contributed by atoms with Crippen LogP contribution in [0.25, 0.3) is 0 Å². The first-order valence-corrected chi connectivity index (χ1v) is 9.57. The molecule has 134 valence electrons. The Bertz CT molecular complexity index is 699. The molecule has 0 saturated heterocycles. The minimum atomic E-state index is -0.0690. The van der Waals surface area contributed by atoms with Crippen molar-refractivity contribution >= 4 is 17.7 Å². The summed E-state index contributed by atoms with van der Waals surface area (Å²) in [7, 11) is 0. The van der Waals surface area contributed by atoms with E-state index in [0.29, 0.717) is 10.9 Å². The Labute approximate surface area is 154 Å². The number of hydrogen-bond acceptors (Lipinski definition) is 3. The maximum absolute atomic E-state index is 12.3. The van der Waals surface area contributed by atoms with E-state index in [1.54, 1.807) is 18.2 Å². The Hall–Kier alpha value is -2.01. The molecule has 2 rings (SSSR count). The van der Waals surface area contributed by atoms with Gasteiger partial charge < -0.3 is 10.5 Å². The predicted molar refractivity (Wildman–Crippen MR) is 102 cm³/mol. The lowest BCUT2D eigenvalue weighted by Crippen LogP contribution is -2.34. The summed E-state index contributed by atoms with van der Waals surface area (Å²) in [5.74, 6) is 0.919. The van der Waals surface area contributed by atoms with Crippen LogP contribution in [-0.4, -0.2) is 11.7 Å². The van der Waals surface area contributed by atoms with Crippen molar-refractivity contribution in [2.45, 2.75) is 44.7 Å². The first-order chi connectivity index (χ1) is 11.9. The highest BCUT2D eigenvalue weighted by molar-refractivity contribution is 7.99. The van der Waals surface area contributed by atoms with Gasteiger partial charge in [-0.25, -0.2) is 0 Å². The molecular formula is C20H26N2O2S. The minimum absolute atomic E-state index is 0.0375. The zero-order valence-electron chi connectivity index (χ0n) is 15.2. The average molecular weight is 359 g/mol. The van der Waals surface area contributed by atoms with Gasteiger partial charge in [0.15, 0.2) is 6.20 Å². The third-order valence-electron chi connectivity index (χ3n) is 4.09. The van der Waals surface area contributed by atoms with Crippen LogP contribution in [0.2, 0.25) is 0 Å². The number of nitrogens with one attached hydrogen (secondary N) is 1. The topological polar surface area (TPSA) is 56.0 Å². The van der Waals surface area contributed by atoms with E-state index in [1.165, 1.54) is 23.5 Å². The molecule has 0 fully saturated rings. The predicted octanol–water partition coefficient (Wildman–Crippen LogP) is 4.05. The maximum atomic E-state index is 12.3. The van der Waals surface area contributed by atoms with E-state index in [4.69, 9.17) is 0 Å². The van der Waals surface area contributed by atoms with Crippen LogP contribution in [-0.2, 0) is 4.79 Å². The Kier molecular flexibility index (Phi) is 6.88. The summed E-state index contributed by atoms with van der Waals surface area (Å²) in [5.41, 5.74) is 2.40. The molecule has 0 radical (unpaired) electrons. The Morgan fingerprint density at radius 1 is 1.08 bits per heavy atom. The van der Waals surface area contributed by atoms with Crippen molar-refractivity contribution in [3.8, 4) is 0 Å². The van der Waals surface area contributed by atoms with Crippen LogP contribution in [0.4, 0.5) is 0 Å². The molecule has 0 bridgehead atoms. The van der Waals surface area contributed by atoms with Crippen molar-refractivity contribution in [3.05, 3.63) is 65.0 Å². The standard InChI is InChI=1S/C20H26N2O2S/c1-14(2)16-8-10-17(11-9-16)20(15(3)4)21-18(23)13-25-19-7-5-6-12-22(19)24/h5-12,14-15,20H,13H2,1-4H3,(H,21,23). The van der Waals surface area contributed by atoms with Crippen molar-refractivity contribution in [2.75, 3.05) is 5.75 Å². The fourth-order valence-electron chi connectivity index (χ4n) is 2.60. The highest BCUT2D eigenvalue weighted by atomic mass is 32.2. The molecule has 1 heterocycles. The van der Waals surface area contributed by atoms with Gasteiger partial charge in [-0.2, -0.15) is 4.73 Å². The number of hydrogen-bond donors (Lipinski definition) is 1. The summed E-state index contributed by atoms with van der Waals surface area (Å²) in [5, 5.41) is 15.3. The Morgan fingerprint density at radius 2 is 1.72 bits per heavy atom. The van der Waals surface area contributed by atoms with E-state index in [-0.39, 0.29) is 23.6 Å².